The van der Waals surface area contributed by atoms with Gasteiger partial charge in [0.15, 0.2) is 0 Å². The second kappa shape index (κ2) is 7.41. The second-order valence-corrected chi connectivity index (χ2v) is 9.14. The minimum Gasteiger partial charge on any atom is -0.448 e. The Kier molecular flexibility index (Phi) is 4.85. The van der Waals surface area contributed by atoms with Crippen molar-refractivity contribution in [2.45, 2.75) is 11.5 Å². The molecule has 1 amide bonds. The van der Waals surface area contributed by atoms with E-state index in [0.29, 0.717) is 10.6 Å². The molecule has 1 saturated heterocycles. The number of likely N-dealkylation sites (tertiary alicyclic amines) is 1. The Morgan fingerprint density at radius 1 is 1.07 bits per heavy atom. The van der Waals surface area contributed by atoms with E-state index in [4.69, 9.17) is 16.3 Å². The van der Waals surface area contributed by atoms with Crippen LogP contribution >= 0.6 is 27.5 Å². The van der Waals surface area contributed by atoms with E-state index < -0.39 is 11.7 Å². The van der Waals surface area contributed by atoms with Crippen molar-refractivity contribution >= 4 is 33.6 Å². The van der Waals surface area contributed by atoms with Crippen molar-refractivity contribution in [1.29, 1.82) is 0 Å². The van der Waals surface area contributed by atoms with E-state index in [1.807, 2.05) is 30.3 Å². The predicted octanol–water partition coefficient (Wildman–Crippen LogP) is 5.55. The summed E-state index contributed by atoms with van der Waals surface area (Å²) in [7, 11) is 0. The zero-order chi connectivity index (χ0) is 20.9. The third-order valence-corrected chi connectivity index (χ3v) is 6.74. The molecule has 4 nitrogen and oxygen atoms in total. The normalized spacial score (nSPS) is 16.6. The van der Waals surface area contributed by atoms with Crippen molar-refractivity contribution in [2.24, 2.45) is 0 Å². The summed E-state index contributed by atoms with van der Waals surface area (Å²) in [4.78, 5) is 14.1. The van der Waals surface area contributed by atoms with E-state index in [-0.39, 0.29) is 25.6 Å². The van der Waals surface area contributed by atoms with Gasteiger partial charge in [0.25, 0.3) is 0 Å². The van der Waals surface area contributed by atoms with E-state index >= 15 is 0 Å². The minimum absolute atomic E-state index is 0.0161. The lowest BCUT2D eigenvalue weighted by Gasteiger charge is -2.46. The molecule has 1 aliphatic heterocycles. The quantitative estimate of drug-likeness (QED) is 0.530. The van der Waals surface area contributed by atoms with Gasteiger partial charge in [-0.05, 0) is 34.4 Å². The molecule has 1 fully saturated rings. The van der Waals surface area contributed by atoms with Gasteiger partial charge in [0.1, 0.15) is 12.2 Å². The Morgan fingerprint density at radius 2 is 1.67 bits per heavy atom. The molecule has 5 rings (SSSR count). The molecule has 0 unspecified atom stereocenters. The molecule has 2 aliphatic rings. The van der Waals surface area contributed by atoms with E-state index in [1.165, 1.54) is 27.2 Å². The second-order valence-electron chi connectivity index (χ2n) is 7.82. The number of β-amino-alcohol motifs (C(OH)–C–C–N with tert-alkyl or cyclic N) is 1. The molecule has 1 N–H and O–H groups in total. The molecular formula is C24H19BrClNO3. The van der Waals surface area contributed by atoms with Crippen LogP contribution in [0.4, 0.5) is 4.79 Å². The first-order valence-corrected chi connectivity index (χ1v) is 10.9. The fourth-order valence-corrected chi connectivity index (χ4v) is 5.29. The fraction of sp³-hybridized carbons (Fsp3) is 0.208. The maximum Gasteiger partial charge on any atom is 0.410 e. The van der Waals surface area contributed by atoms with E-state index in [2.05, 4.69) is 40.2 Å². The molecule has 6 heteroatoms. The smallest absolute Gasteiger partial charge is 0.410 e. The highest BCUT2D eigenvalue weighted by Gasteiger charge is 2.47. The van der Waals surface area contributed by atoms with Crippen LogP contribution in [0.5, 0.6) is 0 Å². The average molecular weight is 485 g/mol. The molecule has 30 heavy (non-hydrogen) atoms. The van der Waals surface area contributed by atoms with Gasteiger partial charge in [-0.3, -0.25) is 0 Å². The topological polar surface area (TPSA) is 49.8 Å². The number of hydrogen-bond acceptors (Lipinski definition) is 3. The number of ether oxygens (including phenoxy) is 1. The zero-order valence-corrected chi connectivity index (χ0v) is 18.4. The van der Waals surface area contributed by atoms with Gasteiger partial charge in [0.05, 0.1) is 13.1 Å². The summed E-state index contributed by atoms with van der Waals surface area (Å²) in [5.74, 6) is 0.0161. The van der Waals surface area contributed by atoms with Crippen LogP contribution in [0, 0.1) is 0 Å². The van der Waals surface area contributed by atoms with Crippen molar-refractivity contribution in [3.8, 4) is 11.1 Å². The number of carbonyl (C=O) groups excluding carboxylic acids is 1. The van der Waals surface area contributed by atoms with Crippen molar-refractivity contribution < 1.29 is 14.6 Å². The lowest BCUT2D eigenvalue weighted by molar-refractivity contribution is -0.0942. The first-order chi connectivity index (χ1) is 14.5. The van der Waals surface area contributed by atoms with Crippen LogP contribution in [0.2, 0.25) is 5.02 Å². The monoisotopic (exact) mass is 483 g/mol. The maximum absolute atomic E-state index is 12.6. The van der Waals surface area contributed by atoms with Gasteiger partial charge >= 0.3 is 6.09 Å². The number of nitrogens with zero attached hydrogens (tertiary/aromatic N) is 1. The highest BCUT2D eigenvalue weighted by Crippen LogP contribution is 2.45. The van der Waals surface area contributed by atoms with Crippen molar-refractivity contribution in [1.82, 2.24) is 4.90 Å². The maximum atomic E-state index is 12.6. The molecule has 0 atom stereocenters. The van der Waals surface area contributed by atoms with E-state index in [9.17, 15) is 9.90 Å². The Hall–Kier alpha value is -2.34. The molecule has 0 saturated carbocycles. The fourth-order valence-electron chi connectivity index (χ4n) is 4.44. The van der Waals surface area contributed by atoms with Gasteiger partial charge in [-0.25, -0.2) is 4.79 Å². The number of aliphatic hydroxyl groups is 1. The van der Waals surface area contributed by atoms with E-state index in [0.717, 1.165) is 4.47 Å². The minimum atomic E-state index is -1.15. The molecule has 152 valence electrons. The van der Waals surface area contributed by atoms with Crippen LogP contribution in [-0.2, 0) is 10.3 Å². The summed E-state index contributed by atoms with van der Waals surface area (Å²) in [6, 6.07) is 21.8. The number of benzene rings is 3. The molecule has 1 heterocycles. The first kappa shape index (κ1) is 19.6. The van der Waals surface area contributed by atoms with Crippen LogP contribution < -0.4 is 0 Å². The number of rotatable bonds is 3. The molecular weight excluding hydrogens is 466 g/mol. The van der Waals surface area contributed by atoms with Crippen LogP contribution in [0.3, 0.4) is 0 Å². The van der Waals surface area contributed by atoms with Crippen LogP contribution in [0.1, 0.15) is 22.6 Å². The Morgan fingerprint density at radius 3 is 2.27 bits per heavy atom. The summed E-state index contributed by atoms with van der Waals surface area (Å²) in [5, 5.41) is 11.3. The Bertz CT molecular complexity index is 1100. The van der Waals surface area contributed by atoms with Crippen LogP contribution in [-0.4, -0.2) is 35.8 Å². The standard InChI is InChI=1S/C24H19BrClNO3/c25-15-9-10-21(22(26)11-15)24(29)13-27(14-24)23(28)30-12-20-18-7-3-1-5-16(18)17-6-2-4-8-19(17)20/h1-11,20,29H,12-14H2. The molecule has 0 bridgehead atoms. The lowest BCUT2D eigenvalue weighted by atomic mass is 9.86. The number of fused-ring (bicyclic) bond motifs is 3. The largest absolute Gasteiger partial charge is 0.448 e. The predicted molar refractivity (Wildman–Crippen MR) is 120 cm³/mol. The van der Waals surface area contributed by atoms with Gasteiger partial charge in [-0.2, -0.15) is 0 Å². The summed E-state index contributed by atoms with van der Waals surface area (Å²) in [6.45, 7) is 0.580. The number of hydrogen-bond donors (Lipinski definition) is 1. The Labute approximate surface area is 188 Å². The number of amides is 1. The molecule has 0 spiro atoms. The first-order valence-electron chi connectivity index (χ1n) is 9.74. The van der Waals surface area contributed by atoms with Crippen molar-refractivity contribution in [3.05, 3.63) is 92.9 Å². The highest BCUT2D eigenvalue weighted by molar-refractivity contribution is 9.10. The van der Waals surface area contributed by atoms with Crippen molar-refractivity contribution in [2.75, 3.05) is 19.7 Å². The third-order valence-electron chi connectivity index (χ3n) is 5.93. The molecule has 0 radical (unpaired) electrons. The average Bonchev–Trinajstić information content (AvgIpc) is 3.03. The summed E-state index contributed by atoms with van der Waals surface area (Å²) in [5.41, 5.74) is 4.20. The summed E-state index contributed by atoms with van der Waals surface area (Å²) in [6.07, 6.45) is -0.422. The van der Waals surface area contributed by atoms with Crippen molar-refractivity contribution in [3.63, 3.8) is 0 Å². The SMILES string of the molecule is O=C(OCC1c2ccccc2-c2ccccc21)N1CC(O)(c2ccc(Br)cc2Cl)C1. The number of halogens is 2. The highest BCUT2D eigenvalue weighted by atomic mass is 79.9. The third kappa shape index (κ3) is 3.22. The molecule has 3 aromatic carbocycles. The van der Waals surface area contributed by atoms with E-state index in [1.54, 1.807) is 12.1 Å². The molecule has 1 aliphatic carbocycles. The molecule has 0 aromatic heterocycles. The zero-order valence-electron chi connectivity index (χ0n) is 16.0. The van der Waals surface area contributed by atoms with Gasteiger partial charge in [0.2, 0.25) is 0 Å². The summed E-state index contributed by atoms with van der Waals surface area (Å²) < 4.78 is 6.50. The Balaban J connectivity index is 1.27. The van der Waals surface area contributed by atoms with Crippen LogP contribution in [0.25, 0.3) is 11.1 Å². The van der Waals surface area contributed by atoms with Crippen LogP contribution in [0.15, 0.2) is 71.2 Å². The summed E-state index contributed by atoms with van der Waals surface area (Å²) >= 11 is 9.64. The molecule has 3 aromatic rings. The number of carbonyl (C=O) groups is 1. The van der Waals surface area contributed by atoms with Gasteiger partial charge in [-0.15, -0.1) is 0 Å². The van der Waals surface area contributed by atoms with Gasteiger partial charge in [-0.1, -0.05) is 82.1 Å². The lowest BCUT2D eigenvalue weighted by Crippen LogP contribution is -2.61. The van der Waals surface area contributed by atoms with Gasteiger partial charge in [0, 0.05) is 21.0 Å². The van der Waals surface area contributed by atoms with Gasteiger partial charge < -0.3 is 14.7 Å².